The van der Waals surface area contributed by atoms with Gasteiger partial charge in [-0.15, -0.1) is 0 Å². The summed E-state index contributed by atoms with van der Waals surface area (Å²) in [5.41, 5.74) is 0. The number of nitrogens with one attached hydrogen (secondary N) is 1. The zero-order valence-corrected chi connectivity index (χ0v) is 41.6. The molecule has 0 spiro atoms. The van der Waals surface area contributed by atoms with Gasteiger partial charge in [0.25, 0.3) is 0 Å². The third kappa shape index (κ3) is 47.8. The molecule has 0 rings (SSSR count). The minimum absolute atomic E-state index is 0.0126. The standard InChI is InChI=1S/C56H107NO5/c1-3-5-7-9-11-13-15-17-19-20-21-22-26-30-34-38-42-46-50-56(61)62-51-47-43-39-35-31-27-23-25-29-33-37-41-45-49-55(60)57-53(52-58)54(59)48-44-40-36-32-28-24-18-16-14-12-10-8-6-4-2/h13,15,19-20,53-54,58-59H,3-12,14,16-18,21-52H2,1-2H3,(H,57,60)/b15-13-,20-19-. The van der Waals surface area contributed by atoms with Crippen LogP contribution in [-0.2, 0) is 14.3 Å². The number of rotatable bonds is 51. The number of hydrogen-bond acceptors (Lipinski definition) is 5. The molecule has 2 unspecified atom stereocenters. The van der Waals surface area contributed by atoms with E-state index in [0.717, 1.165) is 57.8 Å². The van der Waals surface area contributed by atoms with Crippen LogP contribution in [0.3, 0.4) is 0 Å². The Morgan fingerprint density at radius 1 is 0.452 bits per heavy atom. The molecule has 0 aromatic heterocycles. The molecule has 6 heteroatoms. The first-order valence-electron chi connectivity index (χ1n) is 27.6. The SMILES string of the molecule is CCCCCC/C=C\C/C=C\CCCCCCCCCC(=O)OCCCCCCCCCCCCCCCC(=O)NC(CO)C(O)CCCCCCCCCCCCCCCC. The second-order valence-electron chi connectivity index (χ2n) is 18.9. The number of ether oxygens (including phenoxy) is 1. The lowest BCUT2D eigenvalue weighted by Gasteiger charge is -2.22. The summed E-state index contributed by atoms with van der Waals surface area (Å²) in [6, 6.07) is -0.551. The van der Waals surface area contributed by atoms with Crippen molar-refractivity contribution in [2.45, 2.75) is 309 Å². The van der Waals surface area contributed by atoms with Crippen LogP contribution in [0.25, 0.3) is 0 Å². The highest BCUT2D eigenvalue weighted by Gasteiger charge is 2.20. The van der Waals surface area contributed by atoms with Gasteiger partial charge in [0.1, 0.15) is 0 Å². The van der Waals surface area contributed by atoms with Crippen molar-refractivity contribution in [2.75, 3.05) is 13.2 Å². The van der Waals surface area contributed by atoms with E-state index < -0.39 is 12.1 Å². The van der Waals surface area contributed by atoms with Crippen molar-refractivity contribution in [1.29, 1.82) is 0 Å². The van der Waals surface area contributed by atoms with E-state index in [0.29, 0.717) is 25.9 Å². The first kappa shape index (κ1) is 60.3. The second-order valence-corrected chi connectivity index (χ2v) is 18.9. The Hall–Kier alpha value is -1.66. The van der Waals surface area contributed by atoms with E-state index in [-0.39, 0.29) is 18.5 Å². The average molecular weight is 874 g/mol. The number of hydrogen-bond donors (Lipinski definition) is 3. The quantitative estimate of drug-likeness (QED) is 0.0321. The predicted molar refractivity (Wildman–Crippen MR) is 269 cm³/mol. The van der Waals surface area contributed by atoms with Crippen LogP contribution in [0.15, 0.2) is 24.3 Å². The van der Waals surface area contributed by atoms with Gasteiger partial charge in [0.05, 0.1) is 25.4 Å². The van der Waals surface area contributed by atoms with Crippen molar-refractivity contribution in [3.8, 4) is 0 Å². The zero-order chi connectivity index (χ0) is 45.1. The minimum atomic E-state index is -0.672. The Bertz CT molecular complexity index is 966. The third-order valence-corrected chi connectivity index (χ3v) is 12.8. The molecule has 3 N–H and O–H groups in total. The molecule has 0 aliphatic carbocycles. The van der Waals surface area contributed by atoms with Crippen molar-refractivity contribution in [3.05, 3.63) is 24.3 Å². The monoisotopic (exact) mass is 874 g/mol. The van der Waals surface area contributed by atoms with Gasteiger partial charge in [0.2, 0.25) is 5.91 Å². The van der Waals surface area contributed by atoms with Crippen LogP contribution in [0.5, 0.6) is 0 Å². The minimum Gasteiger partial charge on any atom is -0.466 e. The highest BCUT2D eigenvalue weighted by Crippen LogP contribution is 2.17. The van der Waals surface area contributed by atoms with Crippen LogP contribution in [0.2, 0.25) is 0 Å². The molecule has 0 bridgehead atoms. The molecule has 0 aliphatic rings. The summed E-state index contributed by atoms with van der Waals surface area (Å²) in [6.45, 7) is 4.91. The van der Waals surface area contributed by atoms with Gasteiger partial charge in [-0.25, -0.2) is 0 Å². The first-order chi connectivity index (χ1) is 30.5. The highest BCUT2D eigenvalue weighted by molar-refractivity contribution is 5.76. The lowest BCUT2D eigenvalue weighted by atomic mass is 10.0. The summed E-state index contributed by atoms with van der Waals surface area (Å²) in [4.78, 5) is 24.5. The molecule has 0 saturated heterocycles. The van der Waals surface area contributed by atoms with Gasteiger partial charge in [-0.2, -0.15) is 0 Å². The van der Waals surface area contributed by atoms with Crippen LogP contribution < -0.4 is 5.32 Å². The van der Waals surface area contributed by atoms with Gasteiger partial charge in [-0.3, -0.25) is 9.59 Å². The topological polar surface area (TPSA) is 95.9 Å². The maximum absolute atomic E-state index is 12.5. The molecule has 366 valence electrons. The molecular formula is C56H107NO5. The lowest BCUT2D eigenvalue weighted by molar-refractivity contribution is -0.143. The molecule has 0 heterocycles. The van der Waals surface area contributed by atoms with Crippen LogP contribution in [0.4, 0.5) is 0 Å². The van der Waals surface area contributed by atoms with E-state index in [1.165, 1.54) is 205 Å². The number of esters is 1. The van der Waals surface area contributed by atoms with Gasteiger partial charge in [0, 0.05) is 12.8 Å². The molecule has 0 fully saturated rings. The fourth-order valence-electron chi connectivity index (χ4n) is 8.49. The van der Waals surface area contributed by atoms with Crippen molar-refractivity contribution in [1.82, 2.24) is 5.32 Å². The van der Waals surface area contributed by atoms with E-state index in [9.17, 15) is 19.8 Å². The summed E-state index contributed by atoms with van der Waals surface area (Å²) < 4.78 is 5.47. The summed E-state index contributed by atoms with van der Waals surface area (Å²) in [5, 5.41) is 23.2. The number of aliphatic hydroxyl groups excluding tert-OH is 2. The lowest BCUT2D eigenvalue weighted by Crippen LogP contribution is -2.45. The van der Waals surface area contributed by atoms with Crippen LogP contribution in [0, 0.1) is 0 Å². The van der Waals surface area contributed by atoms with Gasteiger partial charge < -0.3 is 20.3 Å². The van der Waals surface area contributed by atoms with E-state index >= 15 is 0 Å². The summed E-state index contributed by atoms with van der Waals surface area (Å²) in [6.07, 6.45) is 61.5. The third-order valence-electron chi connectivity index (χ3n) is 12.8. The molecule has 0 radical (unpaired) electrons. The fourth-order valence-corrected chi connectivity index (χ4v) is 8.49. The average Bonchev–Trinajstić information content (AvgIpc) is 3.27. The Balaban J connectivity index is 3.44. The van der Waals surface area contributed by atoms with Crippen molar-refractivity contribution < 1.29 is 24.5 Å². The maximum atomic E-state index is 12.5. The molecule has 0 aliphatic heterocycles. The summed E-state index contributed by atoms with van der Waals surface area (Å²) in [7, 11) is 0. The summed E-state index contributed by atoms with van der Waals surface area (Å²) in [5.74, 6) is -0.0601. The van der Waals surface area contributed by atoms with Crippen LogP contribution >= 0.6 is 0 Å². The molecule has 0 aromatic rings. The second kappa shape index (κ2) is 52.0. The number of aliphatic hydroxyl groups is 2. The highest BCUT2D eigenvalue weighted by atomic mass is 16.5. The fraction of sp³-hybridized carbons (Fsp3) is 0.893. The van der Waals surface area contributed by atoms with E-state index in [4.69, 9.17) is 4.74 Å². The Morgan fingerprint density at radius 3 is 1.24 bits per heavy atom. The normalized spacial score (nSPS) is 12.8. The molecule has 0 aromatic carbocycles. The van der Waals surface area contributed by atoms with Gasteiger partial charge >= 0.3 is 5.97 Å². The van der Waals surface area contributed by atoms with Crippen LogP contribution in [0.1, 0.15) is 296 Å². The van der Waals surface area contributed by atoms with E-state index in [1.54, 1.807) is 0 Å². The molecule has 0 saturated carbocycles. The molecule has 1 amide bonds. The molecular weight excluding hydrogens is 767 g/mol. The Morgan fingerprint density at radius 2 is 0.806 bits per heavy atom. The van der Waals surface area contributed by atoms with Crippen molar-refractivity contribution in [3.63, 3.8) is 0 Å². The maximum Gasteiger partial charge on any atom is 0.305 e. The Labute approximate surface area is 386 Å². The zero-order valence-electron chi connectivity index (χ0n) is 41.6. The van der Waals surface area contributed by atoms with E-state index in [2.05, 4.69) is 43.5 Å². The number of amides is 1. The summed E-state index contributed by atoms with van der Waals surface area (Å²) >= 11 is 0. The van der Waals surface area contributed by atoms with Gasteiger partial charge in [-0.05, 0) is 57.8 Å². The predicted octanol–water partition coefficient (Wildman–Crippen LogP) is 16.7. The molecule has 62 heavy (non-hydrogen) atoms. The Kier molecular flexibility index (Phi) is 50.6. The number of carbonyl (C=O) groups excluding carboxylic acids is 2. The largest absolute Gasteiger partial charge is 0.466 e. The van der Waals surface area contributed by atoms with Crippen molar-refractivity contribution in [2.24, 2.45) is 0 Å². The van der Waals surface area contributed by atoms with Gasteiger partial charge in [0.15, 0.2) is 0 Å². The molecule has 6 nitrogen and oxygen atoms in total. The number of allylic oxidation sites excluding steroid dienone is 4. The first-order valence-corrected chi connectivity index (χ1v) is 27.6. The number of unbranched alkanes of at least 4 members (excludes halogenated alkanes) is 36. The number of carbonyl (C=O) groups is 2. The smallest absolute Gasteiger partial charge is 0.305 e. The van der Waals surface area contributed by atoms with E-state index in [1.807, 2.05) is 0 Å². The van der Waals surface area contributed by atoms with Crippen LogP contribution in [-0.4, -0.2) is 47.4 Å². The molecule has 2 atom stereocenters. The van der Waals surface area contributed by atoms with Crippen molar-refractivity contribution >= 4 is 11.9 Å². The van der Waals surface area contributed by atoms with Gasteiger partial charge in [-0.1, -0.05) is 250 Å².